The van der Waals surface area contributed by atoms with Crippen LogP contribution >= 0.6 is 0 Å². The highest BCUT2D eigenvalue weighted by molar-refractivity contribution is 5.60. The molecule has 1 aliphatic rings. The van der Waals surface area contributed by atoms with E-state index in [1.54, 1.807) is 0 Å². The van der Waals surface area contributed by atoms with Gasteiger partial charge in [0.2, 0.25) is 0 Å². The van der Waals surface area contributed by atoms with Crippen molar-refractivity contribution < 1.29 is 0 Å². The van der Waals surface area contributed by atoms with Gasteiger partial charge in [-0.05, 0) is 28.5 Å². The number of nitrogens with one attached hydrogen (secondary N) is 1. The Morgan fingerprint density at radius 3 is 2.50 bits per heavy atom. The van der Waals surface area contributed by atoms with Crippen molar-refractivity contribution in [3.8, 4) is 0 Å². The molecule has 1 heterocycles. The molecule has 1 N–H and O–H groups in total. The van der Waals surface area contributed by atoms with Gasteiger partial charge in [0.1, 0.15) is 0 Å². The summed E-state index contributed by atoms with van der Waals surface area (Å²) in [6.07, 6.45) is 0. The minimum atomic E-state index is 0.243. The molecule has 1 nitrogen and oxygen atoms in total. The van der Waals surface area contributed by atoms with Gasteiger partial charge < -0.3 is 5.32 Å². The van der Waals surface area contributed by atoms with Gasteiger partial charge in [0, 0.05) is 18.2 Å². The number of rotatable bonds is 1. The first-order valence-electron chi connectivity index (χ1n) is 6.28. The third-order valence-electron chi connectivity index (χ3n) is 3.64. The minimum Gasteiger partial charge on any atom is -0.384 e. The molecule has 1 aromatic rings. The summed E-state index contributed by atoms with van der Waals surface area (Å²) in [5, 5.41) is 3.54. The standard InChI is InChI=1S/C15H23N/c1-10(2)13-9-16-14-8-11(15(3,4)5)6-7-12(13)14/h6-8,10,13,16H,9H2,1-5H3. The monoisotopic (exact) mass is 217 g/mol. The summed E-state index contributed by atoms with van der Waals surface area (Å²) in [5.41, 5.74) is 4.52. The number of benzene rings is 1. The van der Waals surface area contributed by atoms with Crippen LogP contribution in [0.3, 0.4) is 0 Å². The third-order valence-corrected chi connectivity index (χ3v) is 3.64. The van der Waals surface area contributed by atoms with Crippen LogP contribution in [0.25, 0.3) is 0 Å². The van der Waals surface area contributed by atoms with E-state index in [0.29, 0.717) is 11.8 Å². The highest BCUT2D eigenvalue weighted by Crippen LogP contribution is 2.38. The minimum absolute atomic E-state index is 0.243. The highest BCUT2D eigenvalue weighted by Gasteiger charge is 2.26. The van der Waals surface area contributed by atoms with E-state index in [2.05, 4.69) is 58.1 Å². The van der Waals surface area contributed by atoms with E-state index in [-0.39, 0.29) is 5.41 Å². The van der Waals surface area contributed by atoms with E-state index in [0.717, 1.165) is 6.54 Å². The molecule has 16 heavy (non-hydrogen) atoms. The summed E-state index contributed by atoms with van der Waals surface area (Å²) >= 11 is 0. The van der Waals surface area contributed by atoms with Crippen molar-refractivity contribution in [1.29, 1.82) is 0 Å². The fourth-order valence-corrected chi connectivity index (χ4v) is 2.42. The molecule has 0 amide bonds. The van der Waals surface area contributed by atoms with Crippen LogP contribution in [-0.4, -0.2) is 6.54 Å². The normalized spacial score (nSPS) is 19.8. The fraction of sp³-hybridized carbons (Fsp3) is 0.600. The molecule has 1 aromatic carbocycles. The van der Waals surface area contributed by atoms with E-state index in [1.165, 1.54) is 16.8 Å². The molecule has 2 rings (SSSR count). The van der Waals surface area contributed by atoms with Crippen molar-refractivity contribution in [2.75, 3.05) is 11.9 Å². The van der Waals surface area contributed by atoms with Crippen molar-refractivity contribution in [2.45, 2.75) is 46.0 Å². The van der Waals surface area contributed by atoms with Gasteiger partial charge in [-0.1, -0.05) is 46.8 Å². The molecule has 1 unspecified atom stereocenters. The lowest BCUT2D eigenvalue weighted by atomic mass is 9.84. The van der Waals surface area contributed by atoms with E-state index < -0.39 is 0 Å². The molecule has 0 aromatic heterocycles. The summed E-state index contributed by atoms with van der Waals surface area (Å²) in [6.45, 7) is 12.5. The molecule has 88 valence electrons. The smallest absolute Gasteiger partial charge is 0.0379 e. The van der Waals surface area contributed by atoms with E-state index in [1.807, 2.05) is 0 Å². The molecule has 0 radical (unpaired) electrons. The van der Waals surface area contributed by atoms with Gasteiger partial charge in [0.15, 0.2) is 0 Å². The molecule has 1 atom stereocenters. The average molecular weight is 217 g/mol. The van der Waals surface area contributed by atoms with E-state index in [4.69, 9.17) is 0 Å². The van der Waals surface area contributed by atoms with Crippen LogP contribution in [-0.2, 0) is 5.41 Å². The molecule has 1 heteroatoms. The van der Waals surface area contributed by atoms with Crippen LogP contribution < -0.4 is 5.32 Å². The topological polar surface area (TPSA) is 12.0 Å². The number of anilines is 1. The van der Waals surface area contributed by atoms with Gasteiger partial charge in [-0.3, -0.25) is 0 Å². The van der Waals surface area contributed by atoms with Crippen LogP contribution in [0.1, 0.15) is 51.7 Å². The summed E-state index contributed by atoms with van der Waals surface area (Å²) in [7, 11) is 0. The maximum atomic E-state index is 3.54. The first-order chi connectivity index (χ1) is 7.39. The van der Waals surface area contributed by atoms with Crippen LogP contribution in [0.4, 0.5) is 5.69 Å². The molecule has 1 aliphatic heterocycles. The largest absolute Gasteiger partial charge is 0.384 e. The summed E-state index contributed by atoms with van der Waals surface area (Å²) in [4.78, 5) is 0. The number of hydrogen-bond donors (Lipinski definition) is 1. The Morgan fingerprint density at radius 1 is 1.25 bits per heavy atom. The maximum Gasteiger partial charge on any atom is 0.0379 e. The van der Waals surface area contributed by atoms with Crippen molar-refractivity contribution in [3.63, 3.8) is 0 Å². The first kappa shape index (κ1) is 11.5. The Hall–Kier alpha value is -0.980. The summed E-state index contributed by atoms with van der Waals surface area (Å²) < 4.78 is 0. The van der Waals surface area contributed by atoms with Crippen LogP contribution in [0.15, 0.2) is 18.2 Å². The lowest BCUT2D eigenvalue weighted by Gasteiger charge is -2.20. The van der Waals surface area contributed by atoms with Gasteiger partial charge >= 0.3 is 0 Å². The molecular formula is C15H23N. The van der Waals surface area contributed by atoms with E-state index >= 15 is 0 Å². The van der Waals surface area contributed by atoms with Crippen LogP contribution in [0, 0.1) is 5.92 Å². The zero-order valence-corrected chi connectivity index (χ0v) is 11.1. The number of fused-ring (bicyclic) bond motifs is 1. The Morgan fingerprint density at radius 2 is 1.94 bits per heavy atom. The van der Waals surface area contributed by atoms with Gasteiger partial charge in [0.05, 0.1) is 0 Å². The molecule has 0 saturated heterocycles. The van der Waals surface area contributed by atoms with Crippen molar-refractivity contribution >= 4 is 5.69 Å². The number of hydrogen-bond acceptors (Lipinski definition) is 1. The predicted molar refractivity (Wildman–Crippen MR) is 71.2 cm³/mol. The van der Waals surface area contributed by atoms with Gasteiger partial charge in [-0.2, -0.15) is 0 Å². The van der Waals surface area contributed by atoms with Crippen LogP contribution in [0.2, 0.25) is 0 Å². The summed E-state index contributed by atoms with van der Waals surface area (Å²) in [6, 6.07) is 6.94. The Bertz CT molecular complexity index is 385. The molecule has 0 bridgehead atoms. The molecular weight excluding hydrogens is 194 g/mol. The second-order valence-corrected chi connectivity index (χ2v) is 6.28. The molecule has 0 spiro atoms. The van der Waals surface area contributed by atoms with Gasteiger partial charge in [-0.25, -0.2) is 0 Å². The Balaban J connectivity index is 2.37. The van der Waals surface area contributed by atoms with Crippen molar-refractivity contribution in [1.82, 2.24) is 0 Å². The van der Waals surface area contributed by atoms with Crippen molar-refractivity contribution in [2.24, 2.45) is 5.92 Å². The van der Waals surface area contributed by atoms with Crippen molar-refractivity contribution in [3.05, 3.63) is 29.3 Å². The zero-order chi connectivity index (χ0) is 11.9. The third kappa shape index (κ3) is 1.95. The maximum absolute atomic E-state index is 3.54. The lowest BCUT2D eigenvalue weighted by Crippen LogP contribution is -2.11. The fourth-order valence-electron chi connectivity index (χ4n) is 2.42. The molecule has 0 aliphatic carbocycles. The summed E-state index contributed by atoms with van der Waals surface area (Å²) in [5.74, 6) is 1.40. The zero-order valence-electron chi connectivity index (χ0n) is 11.1. The van der Waals surface area contributed by atoms with Crippen LogP contribution in [0.5, 0.6) is 0 Å². The Labute approximate surface area is 99.3 Å². The lowest BCUT2D eigenvalue weighted by molar-refractivity contribution is 0.533. The van der Waals surface area contributed by atoms with Gasteiger partial charge in [-0.15, -0.1) is 0 Å². The second kappa shape index (κ2) is 3.80. The van der Waals surface area contributed by atoms with E-state index in [9.17, 15) is 0 Å². The quantitative estimate of drug-likeness (QED) is 0.745. The second-order valence-electron chi connectivity index (χ2n) is 6.28. The SMILES string of the molecule is CC(C)C1CNc2cc(C(C)(C)C)ccc21. The van der Waals surface area contributed by atoms with Gasteiger partial charge in [0.25, 0.3) is 0 Å². The average Bonchev–Trinajstić information content (AvgIpc) is 2.58. The molecule has 0 fully saturated rings. The predicted octanol–water partition coefficient (Wildman–Crippen LogP) is 4.15. The first-order valence-corrected chi connectivity index (χ1v) is 6.28. The molecule has 0 saturated carbocycles. The highest BCUT2D eigenvalue weighted by atomic mass is 14.9. The Kier molecular flexibility index (Phi) is 2.73.